The molecule has 2 aromatic heterocycles. The number of anilines is 1. The Bertz CT molecular complexity index is 2900. The molecule has 5 fully saturated rings. The van der Waals surface area contributed by atoms with Gasteiger partial charge in [0.1, 0.15) is 29.7 Å². The third-order valence-corrected chi connectivity index (χ3v) is 14.7. The number of halogens is 1. The van der Waals surface area contributed by atoms with Crippen molar-refractivity contribution in [3.63, 3.8) is 0 Å². The summed E-state index contributed by atoms with van der Waals surface area (Å²) in [6.07, 6.45) is 12.0. The molecular weight excluding hydrogens is 884 g/mol. The van der Waals surface area contributed by atoms with Crippen LogP contribution in [0.2, 0.25) is 0 Å². The zero-order valence-electron chi connectivity index (χ0n) is 38.3. The number of ether oxygens (including phenoxy) is 1. The Kier molecular flexibility index (Phi) is 12.8. The molecule has 5 atom stereocenters. The maximum atomic E-state index is 17.0. The number of piperazine rings is 2. The quantitative estimate of drug-likeness (QED) is 0.104. The molecule has 6 aliphatic rings. The molecule has 3 aromatic carbocycles. The van der Waals surface area contributed by atoms with E-state index in [0.29, 0.717) is 59.2 Å². The van der Waals surface area contributed by atoms with Gasteiger partial charge in [-0.1, -0.05) is 42.3 Å². The fourth-order valence-corrected chi connectivity index (χ4v) is 11.1. The summed E-state index contributed by atoms with van der Waals surface area (Å²) in [7, 11) is 2.15. The van der Waals surface area contributed by atoms with Crippen molar-refractivity contribution in [2.45, 2.75) is 75.3 Å². The molecule has 11 rings (SSSR count). The van der Waals surface area contributed by atoms with Crippen molar-refractivity contribution >= 4 is 57.6 Å². The summed E-state index contributed by atoms with van der Waals surface area (Å²) in [4.78, 5) is 84.0. The van der Waals surface area contributed by atoms with Crippen molar-refractivity contribution in [2.24, 2.45) is 0 Å². The maximum absolute atomic E-state index is 17.0. The number of piperidine rings is 1. The Morgan fingerprint density at radius 3 is 2.33 bits per heavy atom. The van der Waals surface area contributed by atoms with E-state index < -0.39 is 35.5 Å². The molecule has 0 aliphatic carbocycles. The van der Waals surface area contributed by atoms with E-state index in [1.807, 2.05) is 42.5 Å². The topological polar surface area (TPSA) is 194 Å². The van der Waals surface area contributed by atoms with Crippen LogP contribution in [0.15, 0.2) is 60.8 Å². The van der Waals surface area contributed by atoms with E-state index in [4.69, 9.17) is 36.0 Å². The van der Waals surface area contributed by atoms with Crippen LogP contribution in [0.5, 0.6) is 6.01 Å². The van der Waals surface area contributed by atoms with Crippen molar-refractivity contribution in [1.82, 2.24) is 45.2 Å². The highest BCUT2D eigenvalue weighted by molar-refractivity contribution is 6.23. The summed E-state index contributed by atoms with van der Waals surface area (Å²) in [5, 5.41) is 15.1. The van der Waals surface area contributed by atoms with Crippen molar-refractivity contribution in [3.05, 3.63) is 88.9 Å². The molecule has 0 saturated carbocycles. The zero-order chi connectivity index (χ0) is 47.9. The number of carbonyl (C=O) groups is 5. The molecule has 0 radical (unpaired) electrons. The number of imide groups is 2. The van der Waals surface area contributed by atoms with Gasteiger partial charge >= 0.3 is 6.01 Å². The average molecular weight is 937 g/mol. The first-order valence-electron chi connectivity index (χ1n) is 23.6. The highest BCUT2D eigenvalue weighted by Crippen LogP contribution is 2.38. The van der Waals surface area contributed by atoms with E-state index in [0.717, 1.165) is 92.7 Å². The van der Waals surface area contributed by atoms with Gasteiger partial charge in [-0.3, -0.25) is 53.9 Å². The number of fused-ring (bicyclic) bond motifs is 5. The van der Waals surface area contributed by atoms with Gasteiger partial charge in [0, 0.05) is 106 Å². The smallest absolute Gasteiger partial charge is 0.319 e. The van der Waals surface area contributed by atoms with E-state index in [-0.39, 0.29) is 48.1 Å². The lowest BCUT2D eigenvalue weighted by Gasteiger charge is -2.37. The van der Waals surface area contributed by atoms with Crippen molar-refractivity contribution in [1.29, 1.82) is 0 Å². The minimum atomic E-state index is -0.984. The second kappa shape index (κ2) is 19.2. The summed E-state index contributed by atoms with van der Waals surface area (Å²) in [6.45, 7) is 6.68. The van der Waals surface area contributed by atoms with Crippen LogP contribution in [0.4, 0.5) is 10.2 Å². The lowest BCUT2D eigenvalue weighted by atomic mass is 9.97. The average Bonchev–Trinajstić information content (AvgIpc) is 3.97. The number of carboxylic acid groups (broad SMARTS) is 1. The first kappa shape index (κ1) is 45.9. The molecule has 3 unspecified atom stereocenters. The number of amides is 4. The highest BCUT2D eigenvalue weighted by Gasteiger charge is 2.45. The number of aromatic nitrogens is 3. The Labute approximate surface area is 398 Å². The first-order chi connectivity index (χ1) is 33.5. The highest BCUT2D eigenvalue weighted by atomic mass is 19.1. The molecule has 6 aliphatic heterocycles. The number of likely N-dealkylation sites (tertiary alicyclic amines) is 1. The van der Waals surface area contributed by atoms with Gasteiger partial charge in [0.15, 0.2) is 5.82 Å². The summed E-state index contributed by atoms with van der Waals surface area (Å²) in [5.74, 6) is 0.873. The SMILES string of the molecule is C#Cc1cccc2cccc(-c3ncc4c(N5CC6CCC(C5)N6)nc(OC[C@@H]5CC[C@H](CN6CCN(Cc7ccc8c(c7)C(=O)N(C7CCC(=O)NC7=O)C8=O)CC6)N5C)nc4c3F)c12.O=CO. The number of carbonyl (C=O) groups excluding carboxylic acids is 4. The Morgan fingerprint density at radius 1 is 0.884 bits per heavy atom. The van der Waals surface area contributed by atoms with Crippen molar-refractivity contribution in [2.75, 3.05) is 64.4 Å². The number of rotatable bonds is 10. The van der Waals surface area contributed by atoms with Crippen LogP contribution in [0.1, 0.15) is 70.4 Å². The Balaban J connectivity index is 0.00000180. The first-order valence-corrected chi connectivity index (χ1v) is 23.6. The molecule has 18 heteroatoms. The normalized spacial score (nSPS) is 24.0. The fourth-order valence-electron chi connectivity index (χ4n) is 11.1. The van der Waals surface area contributed by atoms with E-state index in [9.17, 15) is 19.2 Å². The second-order valence-corrected chi connectivity index (χ2v) is 18.8. The van der Waals surface area contributed by atoms with Crippen LogP contribution in [0, 0.1) is 18.2 Å². The van der Waals surface area contributed by atoms with Crippen LogP contribution < -0.4 is 20.3 Å². The van der Waals surface area contributed by atoms with Crippen molar-refractivity contribution < 1.29 is 38.2 Å². The monoisotopic (exact) mass is 936 g/mol. The van der Waals surface area contributed by atoms with Gasteiger partial charge in [0.05, 0.1) is 16.5 Å². The van der Waals surface area contributed by atoms with Crippen LogP contribution in [-0.4, -0.2) is 159 Å². The number of hydrogen-bond donors (Lipinski definition) is 3. The third kappa shape index (κ3) is 8.87. The molecule has 69 heavy (non-hydrogen) atoms. The number of pyridine rings is 1. The summed E-state index contributed by atoms with van der Waals surface area (Å²) in [5.41, 5.74) is 3.16. The summed E-state index contributed by atoms with van der Waals surface area (Å²) in [6, 6.07) is 17.1. The zero-order valence-corrected chi connectivity index (χ0v) is 38.3. The van der Waals surface area contributed by atoms with Gasteiger partial charge < -0.3 is 20.1 Å². The Hall–Kier alpha value is -6.91. The van der Waals surface area contributed by atoms with Gasteiger partial charge in [0.25, 0.3) is 18.3 Å². The molecule has 5 saturated heterocycles. The van der Waals surface area contributed by atoms with Gasteiger partial charge in [-0.2, -0.15) is 9.97 Å². The number of benzene rings is 3. The molecule has 4 amide bonds. The second-order valence-electron chi connectivity index (χ2n) is 18.8. The number of hydrogen-bond acceptors (Lipinski definition) is 14. The van der Waals surface area contributed by atoms with E-state index in [1.165, 1.54) is 0 Å². The number of terminal acetylenes is 1. The molecular formula is C51H53FN10O7. The molecule has 5 aromatic rings. The largest absolute Gasteiger partial charge is 0.483 e. The van der Waals surface area contributed by atoms with Gasteiger partial charge in [-0.05, 0) is 68.3 Å². The molecule has 0 spiro atoms. The van der Waals surface area contributed by atoms with Crippen LogP contribution in [0.25, 0.3) is 32.9 Å². The number of nitrogens with one attached hydrogen (secondary N) is 2. The van der Waals surface area contributed by atoms with E-state index in [1.54, 1.807) is 18.3 Å². The maximum Gasteiger partial charge on any atom is 0.319 e. The Morgan fingerprint density at radius 2 is 1.59 bits per heavy atom. The van der Waals surface area contributed by atoms with E-state index in [2.05, 4.69) is 43.2 Å². The van der Waals surface area contributed by atoms with E-state index >= 15 is 4.39 Å². The summed E-state index contributed by atoms with van der Waals surface area (Å²) < 4.78 is 23.5. The number of likely N-dealkylation sites (N-methyl/N-ethyl adjacent to an activating group) is 1. The lowest BCUT2D eigenvalue weighted by Crippen LogP contribution is -2.54. The molecule has 8 heterocycles. The van der Waals surface area contributed by atoms with Crippen LogP contribution in [0.3, 0.4) is 0 Å². The van der Waals surface area contributed by atoms with Gasteiger partial charge in [-0.25, -0.2) is 4.39 Å². The molecule has 356 valence electrons. The number of nitrogens with zero attached hydrogens (tertiary/aromatic N) is 8. The minimum absolute atomic E-state index is 0.0837. The lowest BCUT2D eigenvalue weighted by molar-refractivity contribution is -0.136. The standard InChI is InChI=1S/C50H51FN10O5.CH2O2/c1-3-30-6-4-7-31-8-5-9-37(42(30)31)44-43(51)45-39(23-52-44)46(60-25-32-11-12-33(26-60)53-32)56-50(55-45)66-28-35-14-13-34(57(35)2)27-59-20-18-58(19-21-59)24-29-10-15-36-38(22-29)49(65)61(48(36)64)40-16-17-41(62)54-47(40)63;2-1-3/h1,4-10,15,22-23,32-35,40,53H,11-14,16-21,24-28H2,2H3,(H,54,62,63);1H,(H,2,3)/t32?,33?,34-,35+,40?;/m1./s1. The fraction of sp³-hybridized carbons (Fsp3) is 0.412. The van der Waals surface area contributed by atoms with Gasteiger partial charge in [-0.15, -0.1) is 6.42 Å². The minimum Gasteiger partial charge on any atom is -0.483 e. The van der Waals surface area contributed by atoms with Crippen molar-refractivity contribution in [3.8, 4) is 29.6 Å². The van der Waals surface area contributed by atoms with Gasteiger partial charge in [0.2, 0.25) is 11.8 Å². The summed E-state index contributed by atoms with van der Waals surface area (Å²) >= 11 is 0. The third-order valence-electron chi connectivity index (χ3n) is 14.7. The molecule has 17 nitrogen and oxygen atoms in total. The van der Waals surface area contributed by atoms with Crippen LogP contribution in [-0.2, 0) is 20.9 Å². The van der Waals surface area contributed by atoms with Crippen LogP contribution >= 0.6 is 0 Å². The molecule has 2 bridgehead atoms. The predicted molar refractivity (Wildman–Crippen MR) is 254 cm³/mol. The molecule has 3 N–H and O–H groups in total. The predicted octanol–water partition coefficient (Wildman–Crippen LogP) is 3.67.